The Balaban J connectivity index is 1.31. The smallest absolute Gasteiger partial charge is 0.0867 e. The van der Waals surface area contributed by atoms with Gasteiger partial charge in [-0.2, -0.15) is 0 Å². The summed E-state index contributed by atoms with van der Waals surface area (Å²) in [6.45, 7) is 3.67. The van der Waals surface area contributed by atoms with Crippen LogP contribution in [0.4, 0.5) is 0 Å². The van der Waals surface area contributed by atoms with Crippen LogP contribution in [0.1, 0.15) is 44.6 Å². The van der Waals surface area contributed by atoms with Gasteiger partial charge in [0.25, 0.3) is 0 Å². The van der Waals surface area contributed by atoms with E-state index in [0.29, 0.717) is 22.4 Å². The maximum atomic E-state index is 6.26. The molecule has 2 aliphatic heterocycles. The molecule has 3 nitrogen and oxygen atoms in total. The van der Waals surface area contributed by atoms with E-state index in [4.69, 9.17) is 14.2 Å². The first kappa shape index (κ1) is 19.8. The first-order chi connectivity index (χ1) is 12.2. The number of halogens is 2. The highest BCUT2D eigenvalue weighted by atomic mass is 79.9. The Labute approximate surface area is 168 Å². The highest BCUT2D eigenvalue weighted by molar-refractivity contribution is 9.09. The van der Waals surface area contributed by atoms with Crippen LogP contribution in [0.25, 0.3) is 0 Å². The summed E-state index contributed by atoms with van der Waals surface area (Å²) >= 11 is 7.54. The molecule has 25 heavy (non-hydrogen) atoms. The molecule has 2 saturated heterocycles. The average molecular weight is 476 g/mol. The van der Waals surface area contributed by atoms with Crippen molar-refractivity contribution in [1.29, 1.82) is 0 Å². The van der Waals surface area contributed by atoms with Crippen LogP contribution in [-0.2, 0) is 20.8 Å². The molecular weight excluding hydrogens is 448 g/mol. The summed E-state index contributed by atoms with van der Waals surface area (Å²) in [6, 6.07) is 10.3. The fraction of sp³-hybridized carbons (Fsp3) is 0.700. The molecule has 0 radical (unpaired) electrons. The summed E-state index contributed by atoms with van der Waals surface area (Å²) in [4.78, 5) is 0.827. The lowest BCUT2D eigenvalue weighted by Gasteiger charge is -2.21. The summed E-state index contributed by atoms with van der Waals surface area (Å²) in [6.07, 6.45) is 6.35. The highest BCUT2D eigenvalue weighted by Gasteiger charge is 2.46. The SMILES string of the molecule is CC[C@H](Br)[C@H]1C[C@H]2O[C@H]([C@H](Br)CCCOCc3ccccc3)C[C@@H]2O1. The van der Waals surface area contributed by atoms with E-state index < -0.39 is 0 Å². The summed E-state index contributed by atoms with van der Waals surface area (Å²) in [5.74, 6) is 0. The van der Waals surface area contributed by atoms with Crippen molar-refractivity contribution in [3.63, 3.8) is 0 Å². The lowest BCUT2D eigenvalue weighted by atomic mass is 10.1. The minimum Gasteiger partial charge on any atom is -0.377 e. The van der Waals surface area contributed by atoms with Gasteiger partial charge in [0.2, 0.25) is 0 Å². The monoisotopic (exact) mass is 474 g/mol. The van der Waals surface area contributed by atoms with Gasteiger partial charge in [0, 0.05) is 29.1 Å². The van der Waals surface area contributed by atoms with Crippen molar-refractivity contribution in [2.24, 2.45) is 0 Å². The van der Waals surface area contributed by atoms with E-state index in [1.54, 1.807) is 0 Å². The van der Waals surface area contributed by atoms with Gasteiger partial charge in [0.1, 0.15) is 0 Å². The quantitative estimate of drug-likeness (QED) is 0.361. The van der Waals surface area contributed by atoms with Gasteiger partial charge in [-0.1, -0.05) is 69.1 Å². The van der Waals surface area contributed by atoms with E-state index in [9.17, 15) is 0 Å². The summed E-state index contributed by atoms with van der Waals surface area (Å²) in [7, 11) is 0. The third kappa shape index (κ3) is 5.52. The summed E-state index contributed by atoms with van der Waals surface area (Å²) < 4.78 is 18.2. The van der Waals surface area contributed by atoms with Crippen LogP contribution in [0.5, 0.6) is 0 Å². The Kier molecular flexibility index (Phi) is 7.80. The molecule has 1 aromatic rings. The number of benzene rings is 1. The molecular formula is C20H28Br2O3. The molecule has 0 amide bonds. The van der Waals surface area contributed by atoms with Crippen molar-refractivity contribution in [3.05, 3.63) is 35.9 Å². The number of hydrogen-bond acceptors (Lipinski definition) is 3. The van der Waals surface area contributed by atoms with Gasteiger partial charge >= 0.3 is 0 Å². The number of fused-ring (bicyclic) bond motifs is 1. The van der Waals surface area contributed by atoms with E-state index in [2.05, 4.69) is 50.9 Å². The number of alkyl halides is 2. The van der Waals surface area contributed by atoms with Gasteiger partial charge in [-0.15, -0.1) is 0 Å². The van der Waals surface area contributed by atoms with Crippen LogP contribution >= 0.6 is 31.9 Å². The zero-order valence-corrected chi connectivity index (χ0v) is 18.0. The predicted molar refractivity (Wildman–Crippen MR) is 108 cm³/mol. The summed E-state index contributed by atoms with van der Waals surface area (Å²) in [5.41, 5.74) is 1.23. The molecule has 0 aromatic heterocycles. The molecule has 0 aliphatic carbocycles. The maximum absolute atomic E-state index is 6.26. The van der Waals surface area contributed by atoms with E-state index in [0.717, 1.165) is 38.7 Å². The molecule has 2 heterocycles. The molecule has 2 fully saturated rings. The van der Waals surface area contributed by atoms with Gasteiger partial charge in [0.05, 0.1) is 31.0 Å². The number of rotatable bonds is 9. The van der Waals surface area contributed by atoms with Crippen molar-refractivity contribution in [2.45, 2.75) is 79.7 Å². The van der Waals surface area contributed by atoms with E-state index in [1.165, 1.54) is 5.56 Å². The molecule has 5 heteroatoms. The molecule has 2 aliphatic rings. The predicted octanol–water partition coefficient (Wildman–Crippen LogP) is 5.24. The van der Waals surface area contributed by atoms with E-state index in [1.807, 2.05) is 18.2 Å². The number of hydrogen-bond donors (Lipinski definition) is 0. The van der Waals surface area contributed by atoms with Crippen LogP contribution < -0.4 is 0 Å². The molecule has 0 bridgehead atoms. The zero-order chi connectivity index (χ0) is 17.6. The average Bonchev–Trinajstić information content (AvgIpc) is 3.20. The van der Waals surface area contributed by atoms with Crippen molar-refractivity contribution in [2.75, 3.05) is 6.61 Å². The van der Waals surface area contributed by atoms with Crippen molar-refractivity contribution in [1.82, 2.24) is 0 Å². The van der Waals surface area contributed by atoms with E-state index >= 15 is 0 Å². The molecule has 0 spiro atoms. The molecule has 140 valence electrons. The van der Waals surface area contributed by atoms with Crippen LogP contribution in [0.2, 0.25) is 0 Å². The Morgan fingerprint density at radius 2 is 1.68 bits per heavy atom. The molecule has 0 saturated carbocycles. The Morgan fingerprint density at radius 1 is 1.04 bits per heavy atom. The second-order valence-corrected chi connectivity index (χ2v) is 9.37. The first-order valence-electron chi connectivity index (χ1n) is 9.38. The van der Waals surface area contributed by atoms with Gasteiger partial charge in [0.15, 0.2) is 0 Å². The second-order valence-electron chi connectivity index (χ2n) is 7.02. The Morgan fingerprint density at radius 3 is 2.32 bits per heavy atom. The van der Waals surface area contributed by atoms with Gasteiger partial charge < -0.3 is 14.2 Å². The minimum atomic E-state index is 0.264. The van der Waals surface area contributed by atoms with Crippen molar-refractivity contribution in [3.8, 4) is 0 Å². The third-order valence-electron chi connectivity index (χ3n) is 5.12. The Hall–Kier alpha value is 0.0600. The third-order valence-corrected chi connectivity index (χ3v) is 7.40. The maximum Gasteiger partial charge on any atom is 0.0867 e. The number of ether oxygens (including phenoxy) is 3. The normalized spacial score (nSPS) is 31.0. The first-order valence-corrected chi connectivity index (χ1v) is 11.2. The van der Waals surface area contributed by atoms with Gasteiger partial charge in [-0.3, -0.25) is 0 Å². The van der Waals surface area contributed by atoms with Crippen LogP contribution in [-0.4, -0.2) is 40.7 Å². The largest absolute Gasteiger partial charge is 0.377 e. The lowest BCUT2D eigenvalue weighted by molar-refractivity contribution is 0.0325. The molecule has 3 rings (SSSR count). The molecule has 0 unspecified atom stereocenters. The van der Waals surface area contributed by atoms with Crippen LogP contribution in [0, 0.1) is 0 Å². The van der Waals surface area contributed by atoms with Gasteiger partial charge in [-0.25, -0.2) is 0 Å². The van der Waals surface area contributed by atoms with Gasteiger partial charge in [-0.05, 0) is 24.8 Å². The summed E-state index contributed by atoms with van der Waals surface area (Å²) in [5, 5.41) is 0. The molecule has 6 atom stereocenters. The fourth-order valence-electron chi connectivity index (χ4n) is 3.67. The standard InChI is InChI=1S/C20H28Br2O3/c1-2-15(21)17-11-19-20(24-17)12-18(25-19)16(22)9-6-10-23-13-14-7-4-3-5-8-14/h3-5,7-8,15-20H,2,6,9-13H2,1H3/t15-,16+,17+,18-,19+,20-/m0/s1. The van der Waals surface area contributed by atoms with E-state index in [-0.39, 0.29) is 18.3 Å². The molecule has 1 aromatic carbocycles. The van der Waals surface area contributed by atoms with Crippen molar-refractivity contribution >= 4 is 31.9 Å². The topological polar surface area (TPSA) is 27.7 Å². The second kappa shape index (κ2) is 9.84. The van der Waals surface area contributed by atoms with Crippen molar-refractivity contribution < 1.29 is 14.2 Å². The zero-order valence-electron chi connectivity index (χ0n) is 14.8. The minimum absolute atomic E-state index is 0.264. The fourth-order valence-corrected chi connectivity index (χ4v) is 4.67. The van der Waals surface area contributed by atoms with Crippen LogP contribution in [0.15, 0.2) is 30.3 Å². The molecule has 0 N–H and O–H groups in total. The highest BCUT2D eigenvalue weighted by Crippen LogP contribution is 2.39. The van der Waals surface area contributed by atoms with Crippen LogP contribution in [0.3, 0.4) is 0 Å². The lowest BCUT2D eigenvalue weighted by Crippen LogP contribution is -2.26. The Bertz CT molecular complexity index is 499.